The maximum Gasteiger partial charge on any atom is 0.0830 e. The summed E-state index contributed by atoms with van der Waals surface area (Å²) in [5, 5.41) is 11.5. The molecule has 0 saturated carbocycles. The van der Waals surface area contributed by atoms with Gasteiger partial charge in [0.05, 0.1) is 11.9 Å². The van der Waals surface area contributed by atoms with Gasteiger partial charge in [0.15, 0.2) is 0 Å². The van der Waals surface area contributed by atoms with Gasteiger partial charge in [0, 0.05) is 5.02 Å². The van der Waals surface area contributed by atoms with Crippen LogP contribution in [-0.4, -0.2) is 15.4 Å². The lowest BCUT2D eigenvalue weighted by molar-refractivity contribution is 0.678. The number of hydrogen-bond acceptors (Lipinski definition) is 2. The van der Waals surface area contributed by atoms with Crippen molar-refractivity contribution in [3.05, 3.63) is 45.7 Å². The Balaban J connectivity index is 1.87. The van der Waals surface area contributed by atoms with E-state index in [9.17, 15) is 0 Å². The Bertz CT molecular complexity index is 563. The van der Waals surface area contributed by atoms with E-state index in [1.807, 2.05) is 0 Å². The van der Waals surface area contributed by atoms with Gasteiger partial charge in [-0.15, -0.1) is 0 Å². The highest BCUT2D eigenvalue weighted by Gasteiger charge is 2.17. The molecule has 1 N–H and O–H groups in total. The molecule has 1 atom stereocenters. The van der Waals surface area contributed by atoms with Crippen molar-refractivity contribution in [2.24, 2.45) is 0 Å². The van der Waals surface area contributed by atoms with E-state index in [2.05, 4.69) is 34.5 Å². The van der Waals surface area contributed by atoms with Crippen LogP contribution < -0.4 is 0 Å². The van der Waals surface area contributed by atoms with Gasteiger partial charge >= 0.3 is 0 Å². The maximum atomic E-state index is 6.45. The number of halogens is 1. The van der Waals surface area contributed by atoms with Gasteiger partial charge in [0.25, 0.3) is 0 Å². The Hall–Kier alpha value is -1.35. The van der Waals surface area contributed by atoms with E-state index in [-0.39, 0.29) is 0 Å². The molecule has 1 heterocycles. The first-order chi connectivity index (χ1) is 9.24. The maximum absolute atomic E-state index is 6.45. The molecule has 0 spiro atoms. The van der Waals surface area contributed by atoms with Gasteiger partial charge in [-0.05, 0) is 60.8 Å². The molecule has 0 bridgehead atoms. The van der Waals surface area contributed by atoms with Crippen molar-refractivity contribution in [1.82, 2.24) is 15.4 Å². The molecule has 19 heavy (non-hydrogen) atoms. The molecule has 0 aliphatic heterocycles. The van der Waals surface area contributed by atoms with Crippen LogP contribution in [-0.2, 0) is 19.3 Å². The van der Waals surface area contributed by atoms with Gasteiger partial charge < -0.3 is 0 Å². The first kappa shape index (κ1) is 12.7. The highest BCUT2D eigenvalue weighted by molar-refractivity contribution is 6.31. The molecule has 0 radical (unpaired) electrons. The number of nitrogens with zero attached hydrogens (tertiary/aromatic N) is 2. The molecule has 2 aromatic rings. The zero-order chi connectivity index (χ0) is 13.2. The summed E-state index contributed by atoms with van der Waals surface area (Å²) in [7, 11) is 0. The predicted molar refractivity (Wildman–Crippen MR) is 76.6 cm³/mol. The van der Waals surface area contributed by atoms with Crippen molar-refractivity contribution >= 4 is 11.6 Å². The average Bonchev–Trinajstić information content (AvgIpc) is 2.90. The molecule has 1 unspecified atom stereocenters. The molecule has 1 aromatic carbocycles. The summed E-state index contributed by atoms with van der Waals surface area (Å²) in [5.74, 6) is 0.366. The molecule has 3 rings (SSSR count). The van der Waals surface area contributed by atoms with Crippen LogP contribution in [0.2, 0.25) is 5.02 Å². The summed E-state index contributed by atoms with van der Waals surface area (Å²) in [4.78, 5) is 0. The van der Waals surface area contributed by atoms with Crippen molar-refractivity contribution in [1.29, 1.82) is 0 Å². The van der Waals surface area contributed by atoms with Gasteiger partial charge in [0.1, 0.15) is 0 Å². The van der Waals surface area contributed by atoms with Crippen molar-refractivity contribution in [3.8, 4) is 0 Å². The highest BCUT2D eigenvalue weighted by atomic mass is 35.5. The lowest BCUT2D eigenvalue weighted by atomic mass is 9.87. The van der Waals surface area contributed by atoms with Gasteiger partial charge in [-0.3, -0.25) is 0 Å². The van der Waals surface area contributed by atoms with E-state index in [4.69, 9.17) is 11.6 Å². The van der Waals surface area contributed by atoms with Gasteiger partial charge in [-0.2, -0.15) is 15.4 Å². The lowest BCUT2D eigenvalue weighted by Gasteiger charge is -2.20. The van der Waals surface area contributed by atoms with Crippen LogP contribution in [0.4, 0.5) is 0 Å². The third-order valence-corrected chi connectivity index (χ3v) is 4.30. The molecule has 0 amide bonds. The monoisotopic (exact) mass is 275 g/mol. The van der Waals surface area contributed by atoms with Crippen molar-refractivity contribution in [2.75, 3.05) is 0 Å². The molecule has 1 aromatic heterocycles. The normalized spacial score (nSPS) is 16.1. The first-order valence-corrected chi connectivity index (χ1v) is 7.27. The Morgan fingerprint density at radius 3 is 2.68 bits per heavy atom. The van der Waals surface area contributed by atoms with Crippen LogP contribution in [0.3, 0.4) is 0 Å². The molecular formula is C15H18ClN3. The second-order valence-electron chi connectivity index (χ2n) is 5.42. The first-order valence-electron chi connectivity index (χ1n) is 6.90. The van der Waals surface area contributed by atoms with Crippen LogP contribution in [0.25, 0.3) is 0 Å². The Morgan fingerprint density at radius 2 is 2.00 bits per heavy atom. The number of fused-ring (bicyclic) bond motifs is 1. The number of aromatic nitrogens is 3. The van der Waals surface area contributed by atoms with Gasteiger partial charge in [-0.25, -0.2) is 0 Å². The predicted octanol–water partition coefficient (Wildman–Crippen LogP) is 3.68. The molecule has 100 valence electrons. The number of hydrogen-bond donors (Lipinski definition) is 1. The zero-order valence-corrected chi connectivity index (χ0v) is 11.9. The standard InChI is InChI=1S/C15H18ClN3/c1-10(6-13-9-17-19-18-13)14-7-11-4-2-3-5-12(11)8-15(14)16/h7-10H,2-6H2,1H3,(H,17,18,19). The van der Waals surface area contributed by atoms with E-state index in [1.54, 1.807) is 6.20 Å². The molecule has 0 fully saturated rings. The van der Waals surface area contributed by atoms with Crippen LogP contribution in [0.1, 0.15) is 48.1 Å². The van der Waals surface area contributed by atoms with Crippen LogP contribution in [0, 0.1) is 0 Å². The fourth-order valence-corrected chi connectivity index (χ4v) is 3.27. The molecule has 1 aliphatic rings. The topological polar surface area (TPSA) is 41.6 Å². The molecule has 3 nitrogen and oxygen atoms in total. The summed E-state index contributed by atoms with van der Waals surface area (Å²) in [5.41, 5.74) is 5.15. The van der Waals surface area contributed by atoms with Crippen molar-refractivity contribution in [2.45, 2.75) is 44.9 Å². The van der Waals surface area contributed by atoms with E-state index >= 15 is 0 Å². The summed E-state index contributed by atoms with van der Waals surface area (Å²) in [6.07, 6.45) is 7.60. The van der Waals surface area contributed by atoms with E-state index in [0.717, 1.165) is 17.1 Å². The van der Waals surface area contributed by atoms with E-state index in [0.29, 0.717) is 5.92 Å². The number of aromatic amines is 1. The SMILES string of the molecule is CC(Cc1cn[nH]n1)c1cc2c(cc1Cl)CCCC2. The fourth-order valence-electron chi connectivity index (χ4n) is 2.90. The molecular weight excluding hydrogens is 258 g/mol. The molecule has 1 aliphatic carbocycles. The zero-order valence-electron chi connectivity index (χ0n) is 11.1. The quantitative estimate of drug-likeness (QED) is 0.928. The fraction of sp³-hybridized carbons (Fsp3) is 0.467. The van der Waals surface area contributed by atoms with Crippen LogP contribution in [0.5, 0.6) is 0 Å². The third kappa shape index (κ3) is 2.66. The van der Waals surface area contributed by atoms with Gasteiger partial charge in [0.2, 0.25) is 0 Å². The second-order valence-corrected chi connectivity index (χ2v) is 5.82. The average molecular weight is 276 g/mol. The smallest absolute Gasteiger partial charge is 0.0830 e. The highest BCUT2D eigenvalue weighted by Crippen LogP contribution is 2.32. The minimum atomic E-state index is 0.366. The number of nitrogens with one attached hydrogen (secondary N) is 1. The summed E-state index contributed by atoms with van der Waals surface area (Å²) in [6.45, 7) is 2.20. The van der Waals surface area contributed by atoms with Gasteiger partial charge in [-0.1, -0.05) is 24.6 Å². The second kappa shape index (κ2) is 5.33. The number of benzene rings is 1. The summed E-state index contributed by atoms with van der Waals surface area (Å²) < 4.78 is 0. The molecule has 0 saturated heterocycles. The third-order valence-electron chi connectivity index (χ3n) is 3.97. The van der Waals surface area contributed by atoms with E-state index < -0.39 is 0 Å². The number of aryl methyl sites for hydroxylation is 2. The minimum Gasteiger partial charge on any atom is -0.198 e. The van der Waals surface area contributed by atoms with Crippen LogP contribution >= 0.6 is 11.6 Å². The lowest BCUT2D eigenvalue weighted by Crippen LogP contribution is -2.06. The van der Waals surface area contributed by atoms with Crippen molar-refractivity contribution in [3.63, 3.8) is 0 Å². The Labute approximate surface area is 118 Å². The number of H-pyrrole nitrogens is 1. The minimum absolute atomic E-state index is 0.366. The molecule has 4 heteroatoms. The Morgan fingerprint density at radius 1 is 1.26 bits per heavy atom. The van der Waals surface area contributed by atoms with Crippen molar-refractivity contribution < 1.29 is 0 Å². The Kier molecular flexibility index (Phi) is 3.56. The van der Waals surface area contributed by atoms with E-state index in [1.165, 1.54) is 42.4 Å². The summed E-state index contributed by atoms with van der Waals surface area (Å²) in [6, 6.07) is 4.48. The summed E-state index contributed by atoms with van der Waals surface area (Å²) >= 11 is 6.45. The number of rotatable bonds is 3. The van der Waals surface area contributed by atoms with Crippen LogP contribution in [0.15, 0.2) is 18.3 Å². The largest absolute Gasteiger partial charge is 0.198 e.